The van der Waals surface area contributed by atoms with Crippen LogP contribution in [0.25, 0.3) is 0 Å². The summed E-state index contributed by atoms with van der Waals surface area (Å²) in [4.78, 5) is 13.9. The van der Waals surface area contributed by atoms with Gasteiger partial charge >= 0.3 is 6.18 Å². The van der Waals surface area contributed by atoms with Gasteiger partial charge in [-0.3, -0.25) is 4.79 Å². The van der Waals surface area contributed by atoms with Crippen molar-refractivity contribution in [2.75, 3.05) is 39.3 Å². The Labute approximate surface area is 225 Å². The molecule has 0 unspecified atom stereocenters. The largest absolute Gasteiger partial charge is 0.416 e. The fraction of sp³-hybridized carbons (Fsp3) is 0.458. The molecule has 38 heavy (non-hydrogen) atoms. The van der Waals surface area contributed by atoms with Crippen LogP contribution in [0.1, 0.15) is 41.6 Å². The lowest BCUT2D eigenvalue weighted by Crippen LogP contribution is -2.50. The average molecular weight is 594 g/mol. The van der Waals surface area contributed by atoms with Crippen LogP contribution in [0.2, 0.25) is 5.02 Å². The Morgan fingerprint density at radius 2 is 1.37 bits per heavy atom. The van der Waals surface area contributed by atoms with Gasteiger partial charge in [0.2, 0.25) is 20.0 Å². The van der Waals surface area contributed by atoms with E-state index in [1.54, 1.807) is 0 Å². The quantitative estimate of drug-likeness (QED) is 0.521. The summed E-state index contributed by atoms with van der Waals surface area (Å²) in [6.07, 6.45) is -1.26. The molecule has 2 aromatic rings. The molecule has 2 aromatic carbocycles. The highest BCUT2D eigenvalue weighted by Gasteiger charge is 2.36. The van der Waals surface area contributed by atoms with E-state index >= 15 is 0 Å². The summed E-state index contributed by atoms with van der Waals surface area (Å²) in [6, 6.07) is 7.87. The van der Waals surface area contributed by atoms with Crippen molar-refractivity contribution < 1.29 is 34.8 Å². The third-order valence-electron chi connectivity index (χ3n) is 6.69. The normalized spacial score (nSPS) is 18.8. The number of carbonyl (C=O) groups excluding carboxylic acids is 1. The van der Waals surface area contributed by atoms with Crippen LogP contribution in [-0.4, -0.2) is 75.5 Å². The summed E-state index contributed by atoms with van der Waals surface area (Å²) in [6.45, 7) is 0.466. The molecule has 0 bridgehead atoms. The third kappa shape index (κ3) is 6.01. The van der Waals surface area contributed by atoms with Gasteiger partial charge in [0.25, 0.3) is 5.91 Å². The van der Waals surface area contributed by atoms with E-state index in [4.69, 9.17) is 11.6 Å². The molecule has 2 fully saturated rings. The van der Waals surface area contributed by atoms with Crippen molar-refractivity contribution in [3.63, 3.8) is 0 Å². The fourth-order valence-electron chi connectivity index (χ4n) is 4.55. The standard InChI is InChI=1S/C24H27ClF3N3O5S2/c25-21-9-8-19(24(26,27)28)17-22(21)38(35,36)31-14-12-29(13-15-31)23(32)18-6-5-7-20(16-18)37(33,34)30-10-3-1-2-4-11-30/h5-9,16-17H,1-4,10-15H2. The van der Waals surface area contributed by atoms with Crippen molar-refractivity contribution in [3.8, 4) is 0 Å². The number of rotatable bonds is 5. The first-order valence-corrected chi connectivity index (χ1v) is 15.3. The van der Waals surface area contributed by atoms with E-state index in [-0.39, 0.29) is 41.7 Å². The lowest BCUT2D eigenvalue weighted by Gasteiger charge is -2.34. The second kappa shape index (κ2) is 11.1. The summed E-state index contributed by atoms with van der Waals surface area (Å²) in [5.41, 5.74) is -0.984. The average Bonchev–Trinajstić information content (AvgIpc) is 3.18. The number of amides is 1. The lowest BCUT2D eigenvalue weighted by molar-refractivity contribution is -0.137. The van der Waals surface area contributed by atoms with E-state index in [0.29, 0.717) is 25.2 Å². The molecule has 208 valence electrons. The predicted molar refractivity (Wildman–Crippen MR) is 135 cm³/mol. The lowest BCUT2D eigenvalue weighted by atomic mass is 10.2. The minimum Gasteiger partial charge on any atom is -0.336 e. The number of nitrogens with zero attached hydrogens (tertiary/aromatic N) is 3. The highest BCUT2D eigenvalue weighted by atomic mass is 35.5. The smallest absolute Gasteiger partial charge is 0.336 e. The molecule has 0 saturated carbocycles. The van der Waals surface area contributed by atoms with Crippen LogP contribution in [0, 0.1) is 0 Å². The maximum atomic E-state index is 13.1. The number of carbonyl (C=O) groups is 1. The molecule has 8 nitrogen and oxygen atoms in total. The molecule has 1 amide bonds. The van der Waals surface area contributed by atoms with E-state index in [9.17, 15) is 34.8 Å². The Bertz CT molecular complexity index is 1400. The van der Waals surface area contributed by atoms with E-state index < -0.39 is 42.6 Å². The maximum Gasteiger partial charge on any atom is 0.416 e. The van der Waals surface area contributed by atoms with Crippen molar-refractivity contribution in [1.29, 1.82) is 0 Å². The van der Waals surface area contributed by atoms with E-state index in [1.807, 2.05) is 0 Å². The minimum atomic E-state index is -4.74. The van der Waals surface area contributed by atoms with Crippen LogP contribution in [0.4, 0.5) is 13.2 Å². The Morgan fingerprint density at radius 1 is 0.763 bits per heavy atom. The molecule has 0 radical (unpaired) electrons. The molecule has 0 atom stereocenters. The van der Waals surface area contributed by atoms with Gasteiger partial charge in [0.15, 0.2) is 0 Å². The highest BCUT2D eigenvalue weighted by Crippen LogP contribution is 2.34. The molecular formula is C24H27ClF3N3O5S2. The number of sulfonamides is 2. The fourth-order valence-corrected chi connectivity index (χ4v) is 8.04. The molecule has 2 heterocycles. The van der Waals surface area contributed by atoms with Crippen molar-refractivity contribution in [2.45, 2.75) is 41.7 Å². The first kappa shape index (κ1) is 28.8. The number of alkyl halides is 3. The summed E-state index contributed by atoms with van der Waals surface area (Å²) in [5, 5.41) is -0.334. The molecule has 0 aromatic heterocycles. The van der Waals surface area contributed by atoms with Crippen molar-refractivity contribution >= 4 is 37.6 Å². The molecule has 0 spiro atoms. The monoisotopic (exact) mass is 593 g/mol. The van der Waals surface area contributed by atoms with E-state index in [2.05, 4.69) is 0 Å². The molecule has 2 saturated heterocycles. The summed E-state index contributed by atoms with van der Waals surface area (Å²) < 4.78 is 94.2. The summed E-state index contributed by atoms with van der Waals surface area (Å²) >= 11 is 5.94. The van der Waals surface area contributed by atoms with Crippen LogP contribution in [0.3, 0.4) is 0 Å². The van der Waals surface area contributed by atoms with Gasteiger partial charge in [-0.05, 0) is 49.2 Å². The first-order valence-electron chi connectivity index (χ1n) is 12.1. The number of hydrogen-bond acceptors (Lipinski definition) is 5. The maximum absolute atomic E-state index is 13.1. The zero-order valence-corrected chi connectivity index (χ0v) is 22.7. The molecule has 0 N–H and O–H groups in total. The Kier molecular flexibility index (Phi) is 8.43. The van der Waals surface area contributed by atoms with Crippen LogP contribution in [0.5, 0.6) is 0 Å². The minimum absolute atomic E-state index is 0.0191. The van der Waals surface area contributed by atoms with Crippen molar-refractivity contribution in [1.82, 2.24) is 13.5 Å². The number of halogens is 4. The van der Waals surface area contributed by atoms with Crippen LogP contribution >= 0.6 is 11.6 Å². The molecule has 4 rings (SSSR count). The van der Waals surface area contributed by atoms with Crippen LogP contribution < -0.4 is 0 Å². The molecular weight excluding hydrogens is 567 g/mol. The highest BCUT2D eigenvalue weighted by molar-refractivity contribution is 7.89. The second-order valence-electron chi connectivity index (χ2n) is 9.19. The zero-order valence-electron chi connectivity index (χ0n) is 20.3. The third-order valence-corrected chi connectivity index (χ3v) is 11.0. The van der Waals surface area contributed by atoms with Crippen LogP contribution in [0.15, 0.2) is 52.3 Å². The molecule has 0 aliphatic carbocycles. The zero-order chi connectivity index (χ0) is 27.7. The van der Waals surface area contributed by atoms with Gasteiger partial charge in [-0.15, -0.1) is 0 Å². The van der Waals surface area contributed by atoms with Crippen molar-refractivity contribution in [2.24, 2.45) is 0 Å². The van der Waals surface area contributed by atoms with Gasteiger partial charge in [-0.1, -0.05) is 30.5 Å². The van der Waals surface area contributed by atoms with E-state index in [1.165, 1.54) is 33.5 Å². The molecule has 2 aliphatic rings. The number of benzene rings is 2. The van der Waals surface area contributed by atoms with Gasteiger partial charge < -0.3 is 4.90 Å². The molecule has 14 heteroatoms. The Morgan fingerprint density at radius 3 is 1.97 bits per heavy atom. The number of piperazine rings is 1. The summed E-state index contributed by atoms with van der Waals surface area (Å²) in [7, 11) is -8.12. The first-order chi connectivity index (χ1) is 17.8. The van der Waals surface area contributed by atoms with Gasteiger partial charge in [0.1, 0.15) is 4.90 Å². The van der Waals surface area contributed by atoms with Gasteiger partial charge in [-0.2, -0.15) is 21.8 Å². The van der Waals surface area contributed by atoms with Gasteiger partial charge in [-0.25, -0.2) is 16.8 Å². The SMILES string of the molecule is O=C(c1cccc(S(=O)(=O)N2CCCCCC2)c1)N1CCN(S(=O)(=O)c2cc(C(F)(F)F)ccc2Cl)CC1. The second-order valence-corrected chi connectivity index (χ2v) is 13.4. The molecule has 2 aliphatic heterocycles. The van der Waals surface area contributed by atoms with Crippen molar-refractivity contribution in [3.05, 3.63) is 58.6 Å². The summed E-state index contributed by atoms with van der Waals surface area (Å²) in [5.74, 6) is -0.466. The van der Waals surface area contributed by atoms with Gasteiger partial charge in [0, 0.05) is 44.8 Å². The van der Waals surface area contributed by atoms with E-state index in [0.717, 1.165) is 36.1 Å². The van der Waals surface area contributed by atoms with Gasteiger partial charge in [0.05, 0.1) is 15.5 Å². The Hall–Kier alpha value is -2.19. The predicted octanol–water partition coefficient (Wildman–Crippen LogP) is 4.07. The topological polar surface area (TPSA) is 95.1 Å². The Balaban J connectivity index is 1.48. The van der Waals surface area contributed by atoms with Crippen LogP contribution in [-0.2, 0) is 26.2 Å². The number of hydrogen-bond donors (Lipinski definition) is 0.